The summed E-state index contributed by atoms with van der Waals surface area (Å²) in [5.41, 5.74) is -5.02. The number of hydrogen-bond donors (Lipinski definition) is 0. The van der Waals surface area contributed by atoms with Gasteiger partial charge in [0, 0.05) is 19.1 Å². The number of rotatable bonds is 10. The number of halogens is 6. The Morgan fingerprint density at radius 1 is 1.00 bits per heavy atom. The van der Waals surface area contributed by atoms with E-state index in [9.17, 15) is 34.8 Å². The maximum atomic E-state index is 13.0. The number of allylic oxidation sites excluding steroid dienone is 1. The molecule has 0 radical (unpaired) electrons. The Labute approximate surface area is 200 Å². The zero-order valence-corrected chi connectivity index (χ0v) is 20.0. The average molecular weight is 526 g/mol. The molecule has 2 aromatic rings. The zero-order chi connectivity index (χ0) is 26.4. The van der Waals surface area contributed by atoms with Gasteiger partial charge in [-0.3, -0.25) is 4.90 Å². The molecule has 5 nitrogen and oxygen atoms in total. The summed E-state index contributed by atoms with van der Waals surface area (Å²) in [6.45, 7) is 3.11. The highest BCUT2D eigenvalue weighted by Crippen LogP contribution is 2.33. The zero-order valence-electron chi connectivity index (χ0n) is 19.2. The van der Waals surface area contributed by atoms with Crippen LogP contribution in [0.3, 0.4) is 0 Å². The van der Waals surface area contributed by atoms with Crippen LogP contribution in [0, 0.1) is 0 Å². The number of methoxy groups -OCH3 is 1. The molecule has 0 spiro atoms. The van der Waals surface area contributed by atoms with Crippen LogP contribution in [0.2, 0.25) is 0 Å². The molecule has 0 aliphatic heterocycles. The minimum Gasteiger partial charge on any atom is -0.497 e. The molecule has 194 valence electrons. The maximum absolute atomic E-state index is 13.0. The molecule has 0 bridgehead atoms. The van der Waals surface area contributed by atoms with Crippen LogP contribution in [0.1, 0.15) is 43.0 Å². The summed E-state index contributed by atoms with van der Waals surface area (Å²) in [4.78, 5) is 1.79. The Kier molecular flexibility index (Phi) is 9.23. The van der Waals surface area contributed by atoms with Gasteiger partial charge in [-0.15, -0.1) is 0 Å². The fraction of sp³-hybridized carbons (Fsp3) is 0.391. The van der Waals surface area contributed by atoms with Crippen LogP contribution in [0.5, 0.6) is 5.75 Å². The van der Waals surface area contributed by atoms with E-state index in [1.807, 2.05) is 6.92 Å². The van der Waals surface area contributed by atoms with Crippen LogP contribution in [-0.2, 0) is 27.0 Å². The van der Waals surface area contributed by atoms with Crippen molar-refractivity contribution >= 4 is 10.1 Å². The number of ether oxygens (including phenoxy) is 1. The summed E-state index contributed by atoms with van der Waals surface area (Å²) >= 11 is 0. The third kappa shape index (κ3) is 7.89. The molecule has 0 N–H and O–H groups in total. The van der Waals surface area contributed by atoms with Gasteiger partial charge >= 0.3 is 21.8 Å². The first-order valence-corrected chi connectivity index (χ1v) is 11.8. The lowest BCUT2D eigenvalue weighted by Crippen LogP contribution is -2.29. The van der Waals surface area contributed by atoms with E-state index in [0.717, 1.165) is 24.6 Å². The molecule has 0 heterocycles. The molecule has 1 unspecified atom stereocenters. The molecule has 35 heavy (non-hydrogen) atoms. The Morgan fingerprint density at radius 2 is 1.57 bits per heavy atom. The van der Waals surface area contributed by atoms with Gasteiger partial charge in [-0.1, -0.05) is 31.2 Å². The topological polar surface area (TPSA) is 55.8 Å². The highest BCUT2D eigenvalue weighted by Gasteiger charge is 2.48. The lowest BCUT2D eigenvalue weighted by molar-refractivity contribution is -0.137. The predicted octanol–water partition coefficient (Wildman–Crippen LogP) is 6.44. The van der Waals surface area contributed by atoms with Crippen molar-refractivity contribution < 1.29 is 43.7 Å². The SMILES string of the molecule is CCC(c1ccc(C(F)(F)F)cc1)N(C/C=C(\C)OS(=O)(=O)C(F)(F)F)Cc1ccc(OC)cc1. The monoisotopic (exact) mass is 525 g/mol. The second-order valence-electron chi connectivity index (χ2n) is 7.62. The van der Waals surface area contributed by atoms with Gasteiger partial charge < -0.3 is 8.92 Å². The number of alkyl halides is 6. The lowest BCUT2D eigenvalue weighted by Gasteiger charge is -2.31. The largest absolute Gasteiger partial charge is 0.534 e. The van der Waals surface area contributed by atoms with Gasteiger partial charge in [0.25, 0.3) is 0 Å². The van der Waals surface area contributed by atoms with Crippen molar-refractivity contribution in [2.45, 2.75) is 44.5 Å². The van der Waals surface area contributed by atoms with Gasteiger partial charge in [-0.25, -0.2) is 0 Å². The molecule has 0 saturated carbocycles. The van der Waals surface area contributed by atoms with Crippen molar-refractivity contribution in [2.75, 3.05) is 13.7 Å². The number of nitrogens with zero attached hydrogens (tertiary/aromatic N) is 1. The summed E-state index contributed by atoms with van der Waals surface area (Å²) in [6, 6.07) is 11.2. The number of hydrogen-bond acceptors (Lipinski definition) is 5. The van der Waals surface area contributed by atoms with Crippen molar-refractivity contribution in [2.24, 2.45) is 0 Å². The fourth-order valence-corrected chi connectivity index (χ4v) is 3.88. The normalized spacial score (nSPS) is 14.2. The average Bonchev–Trinajstić information content (AvgIpc) is 2.77. The summed E-state index contributed by atoms with van der Waals surface area (Å²) in [5.74, 6) is 0.126. The number of benzene rings is 2. The van der Waals surface area contributed by atoms with Crippen LogP contribution in [0.4, 0.5) is 26.3 Å². The van der Waals surface area contributed by atoms with Crippen molar-refractivity contribution in [3.8, 4) is 5.75 Å². The third-order valence-corrected chi connectivity index (χ3v) is 6.18. The molecular formula is C23H25F6NO4S. The van der Waals surface area contributed by atoms with Gasteiger partial charge in [0.05, 0.1) is 12.7 Å². The molecule has 0 saturated heterocycles. The standard InChI is InChI=1S/C23H25F6NO4S/c1-4-21(18-7-9-19(10-8-18)22(24,25)26)30(15-17-5-11-20(33-3)12-6-17)14-13-16(2)34-35(31,32)23(27,28)29/h5-13,21H,4,14-15H2,1-3H3/b16-13+. The molecule has 0 aliphatic carbocycles. The summed E-state index contributed by atoms with van der Waals surface area (Å²) < 4.78 is 109. The molecular weight excluding hydrogens is 500 g/mol. The Balaban J connectivity index is 2.35. The van der Waals surface area contributed by atoms with Crippen LogP contribution in [0.25, 0.3) is 0 Å². The first-order valence-electron chi connectivity index (χ1n) is 10.4. The minimum absolute atomic E-state index is 0.0369. The first kappa shape index (κ1) is 28.5. The molecule has 0 aromatic heterocycles. The van der Waals surface area contributed by atoms with E-state index < -0.39 is 39.2 Å². The molecule has 12 heteroatoms. The highest BCUT2D eigenvalue weighted by atomic mass is 32.2. The Morgan fingerprint density at radius 3 is 2.03 bits per heavy atom. The third-order valence-electron chi connectivity index (χ3n) is 5.13. The lowest BCUT2D eigenvalue weighted by atomic mass is 10.00. The fourth-order valence-electron chi connectivity index (χ4n) is 3.37. The molecule has 2 aromatic carbocycles. The van der Waals surface area contributed by atoms with Gasteiger partial charge in [0.1, 0.15) is 11.5 Å². The Bertz CT molecular complexity index is 1090. The van der Waals surface area contributed by atoms with E-state index in [1.165, 1.54) is 25.3 Å². The van der Waals surface area contributed by atoms with Crippen molar-refractivity contribution in [1.29, 1.82) is 0 Å². The molecule has 1 atom stereocenters. The summed E-state index contributed by atoms with van der Waals surface area (Å²) in [5, 5.41) is 0. The van der Waals surface area contributed by atoms with Gasteiger partial charge in [-0.2, -0.15) is 34.8 Å². The first-order chi connectivity index (χ1) is 16.2. The van der Waals surface area contributed by atoms with E-state index in [4.69, 9.17) is 4.74 Å². The van der Waals surface area contributed by atoms with E-state index in [1.54, 1.807) is 29.2 Å². The second kappa shape index (κ2) is 11.3. The predicted molar refractivity (Wildman–Crippen MR) is 118 cm³/mol. The van der Waals surface area contributed by atoms with E-state index in [0.29, 0.717) is 17.7 Å². The maximum Gasteiger partial charge on any atom is 0.534 e. The van der Waals surface area contributed by atoms with Gasteiger partial charge in [0.15, 0.2) is 0 Å². The van der Waals surface area contributed by atoms with Gasteiger partial charge in [-0.05, 0) is 54.8 Å². The highest BCUT2D eigenvalue weighted by molar-refractivity contribution is 7.87. The molecule has 0 amide bonds. The summed E-state index contributed by atoms with van der Waals surface area (Å²) in [7, 11) is -4.31. The summed E-state index contributed by atoms with van der Waals surface area (Å²) in [6.07, 6.45) is -2.86. The minimum atomic E-state index is -5.82. The van der Waals surface area contributed by atoms with Crippen molar-refractivity contribution in [1.82, 2.24) is 4.90 Å². The van der Waals surface area contributed by atoms with Crippen molar-refractivity contribution in [3.05, 3.63) is 77.1 Å². The van der Waals surface area contributed by atoms with Crippen LogP contribution < -0.4 is 4.74 Å². The Hall–Kier alpha value is -2.73. The van der Waals surface area contributed by atoms with Crippen LogP contribution in [0.15, 0.2) is 60.4 Å². The molecule has 0 aliphatic rings. The van der Waals surface area contributed by atoms with E-state index >= 15 is 0 Å². The quantitative estimate of drug-likeness (QED) is 0.155. The van der Waals surface area contributed by atoms with E-state index in [2.05, 4.69) is 4.18 Å². The van der Waals surface area contributed by atoms with Crippen LogP contribution >= 0.6 is 0 Å². The van der Waals surface area contributed by atoms with E-state index in [-0.39, 0.29) is 13.1 Å². The smallest absolute Gasteiger partial charge is 0.497 e. The molecule has 0 fully saturated rings. The van der Waals surface area contributed by atoms with Crippen LogP contribution in [-0.4, -0.2) is 32.5 Å². The molecule has 2 rings (SSSR count). The van der Waals surface area contributed by atoms with Gasteiger partial charge in [0.2, 0.25) is 0 Å². The second-order valence-corrected chi connectivity index (χ2v) is 9.16. The van der Waals surface area contributed by atoms with Crippen molar-refractivity contribution in [3.63, 3.8) is 0 Å².